The second kappa shape index (κ2) is 9.22. The van der Waals surface area contributed by atoms with Crippen LogP contribution in [0.5, 0.6) is 0 Å². The number of hydrogen-bond acceptors (Lipinski definition) is 5. The topological polar surface area (TPSA) is 79.0 Å². The van der Waals surface area contributed by atoms with E-state index in [1.165, 1.54) is 30.6 Å². The summed E-state index contributed by atoms with van der Waals surface area (Å²) in [6, 6.07) is 5.71. The van der Waals surface area contributed by atoms with Gasteiger partial charge < -0.3 is 15.0 Å². The normalized spacial score (nSPS) is 20.0. The fourth-order valence-corrected chi connectivity index (χ4v) is 4.60. The molecular formula is C25H35N3O4. The van der Waals surface area contributed by atoms with Gasteiger partial charge in [0.25, 0.3) is 0 Å². The van der Waals surface area contributed by atoms with Crippen LogP contribution in [-0.2, 0) is 14.3 Å². The third-order valence-corrected chi connectivity index (χ3v) is 6.33. The molecule has 0 radical (unpaired) electrons. The lowest BCUT2D eigenvalue weighted by atomic mass is 10.1. The van der Waals surface area contributed by atoms with Crippen molar-refractivity contribution >= 4 is 29.2 Å². The van der Waals surface area contributed by atoms with E-state index in [9.17, 15) is 14.4 Å². The Balaban J connectivity index is 1.56. The fraction of sp³-hybridized carbons (Fsp3) is 0.640. The Kier molecular flexibility index (Phi) is 6.56. The van der Waals surface area contributed by atoms with E-state index in [1.807, 2.05) is 20.8 Å². The molecule has 1 aromatic carbocycles. The number of ether oxygens (including phenoxy) is 1. The molecule has 2 aliphatic carbocycles. The van der Waals surface area contributed by atoms with Crippen LogP contribution in [0.25, 0.3) is 0 Å². The van der Waals surface area contributed by atoms with Crippen molar-refractivity contribution < 1.29 is 19.1 Å². The van der Waals surface area contributed by atoms with Crippen molar-refractivity contribution in [2.75, 3.05) is 22.9 Å². The first kappa shape index (κ1) is 22.8. The smallest absolute Gasteiger partial charge is 0.338 e. The minimum absolute atomic E-state index is 0.00640. The van der Waals surface area contributed by atoms with E-state index < -0.39 is 11.6 Å². The van der Waals surface area contributed by atoms with E-state index >= 15 is 0 Å². The van der Waals surface area contributed by atoms with E-state index in [-0.39, 0.29) is 30.9 Å². The van der Waals surface area contributed by atoms with E-state index in [0.29, 0.717) is 23.0 Å². The predicted octanol–water partition coefficient (Wildman–Crippen LogP) is 3.80. The minimum Gasteiger partial charge on any atom is -0.456 e. The number of rotatable bonds is 5. The van der Waals surface area contributed by atoms with Crippen LogP contribution in [0.15, 0.2) is 18.2 Å². The first-order valence-electron chi connectivity index (χ1n) is 12.0. The highest BCUT2D eigenvalue weighted by Gasteiger charge is 2.41. The Morgan fingerprint density at radius 2 is 1.72 bits per heavy atom. The summed E-state index contributed by atoms with van der Waals surface area (Å²) in [5.41, 5.74) is 1.10. The molecule has 0 unspecified atom stereocenters. The van der Waals surface area contributed by atoms with Gasteiger partial charge in [-0.15, -0.1) is 0 Å². The SMILES string of the molecule is CC(C)(C)OC(=O)c1ccc2c(c1)N(C(=O)CNC1CCCCCC1)CC(=O)N2C1CC1. The lowest BCUT2D eigenvalue weighted by Gasteiger charge is -2.37. The van der Waals surface area contributed by atoms with Gasteiger partial charge in [0, 0.05) is 12.1 Å². The average molecular weight is 442 g/mol. The molecule has 2 fully saturated rings. The van der Waals surface area contributed by atoms with Crippen LogP contribution in [0.3, 0.4) is 0 Å². The van der Waals surface area contributed by atoms with Crippen molar-refractivity contribution in [3.05, 3.63) is 23.8 Å². The van der Waals surface area contributed by atoms with Crippen molar-refractivity contribution in [1.82, 2.24) is 5.32 Å². The van der Waals surface area contributed by atoms with Gasteiger partial charge in [-0.3, -0.25) is 14.5 Å². The van der Waals surface area contributed by atoms with Crippen LogP contribution in [0.1, 0.15) is 82.5 Å². The van der Waals surface area contributed by atoms with E-state index in [0.717, 1.165) is 25.7 Å². The molecule has 174 valence electrons. The van der Waals surface area contributed by atoms with Crippen LogP contribution in [0, 0.1) is 0 Å². The van der Waals surface area contributed by atoms with Gasteiger partial charge >= 0.3 is 5.97 Å². The molecule has 0 saturated heterocycles. The highest BCUT2D eigenvalue weighted by atomic mass is 16.6. The molecule has 0 bridgehead atoms. The standard InChI is InChI=1S/C25H35N3O4/c1-25(2,3)32-24(31)17-10-13-20-21(14-17)27(16-23(30)28(20)19-11-12-19)22(29)15-26-18-8-6-4-5-7-9-18/h10,13-14,18-19,26H,4-9,11-12,15-16H2,1-3H3. The van der Waals surface area contributed by atoms with Crippen LogP contribution in [0.4, 0.5) is 11.4 Å². The fourth-order valence-electron chi connectivity index (χ4n) is 4.60. The van der Waals surface area contributed by atoms with Crippen LogP contribution < -0.4 is 15.1 Å². The Morgan fingerprint density at radius 1 is 1.03 bits per heavy atom. The number of fused-ring (bicyclic) bond motifs is 1. The second-order valence-electron chi connectivity index (χ2n) is 10.2. The number of nitrogens with one attached hydrogen (secondary N) is 1. The number of carbonyl (C=O) groups is 3. The Bertz CT molecular complexity index is 880. The van der Waals surface area contributed by atoms with Gasteiger partial charge in [0.05, 0.1) is 23.5 Å². The summed E-state index contributed by atoms with van der Waals surface area (Å²) in [5.74, 6) is -0.632. The summed E-state index contributed by atoms with van der Waals surface area (Å²) >= 11 is 0. The van der Waals surface area contributed by atoms with Crippen molar-refractivity contribution in [2.24, 2.45) is 0 Å². The molecule has 1 heterocycles. The van der Waals surface area contributed by atoms with Gasteiger partial charge in [0.15, 0.2) is 0 Å². The number of benzene rings is 1. The molecule has 0 spiro atoms. The molecule has 7 nitrogen and oxygen atoms in total. The molecule has 1 aliphatic heterocycles. The maximum Gasteiger partial charge on any atom is 0.338 e. The molecule has 1 aromatic rings. The minimum atomic E-state index is -0.610. The Labute approximate surface area is 190 Å². The summed E-state index contributed by atoms with van der Waals surface area (Å²) < 4.78 is 5.52. The first-order chi connectivity index (χ1) is 15.2. The molecule has 0 aromatic heterocycles. The molecule has 1 N–H and O–H groups in total. The number of amides is 2. The number of carbonyl (C=O) groups excluding carboxylic acids is 3. The van der Waals surface area contributed by atoms with E-state index in [4.69, 9.17) is 4.74 Å². The summed E-state index contributed by atoms with van der Waals surface area (Å²) in [6.45, 7) is 5.67. The Hall–Kier alpha value is -2.41. The van der Waals surface area contributed by atoms with Crippen molar-refractivity contribution in [3.63, 3.8) is 0 Å². The molecular weight excluding hydrogens is 406 g/mol. The zero-order chi connectivity index (χ0) is 22.9. The van der Waals surface area contributed by atoms with Gasteiger partial charge in [0.1, 0.15) is 12.1 Å². The van der Waals surface area contributed by atoms with Crippen molar-refractivity contribution in [2.45, 2.75) is 89.8 Å². The monoisotopic (exact) mass is 441 g/mol. The average Bonchev–Trinajstić information content (AvgIpc) is 3.57. The summed E-state index contributed by atoms with van der Waals surface area (Å²) in [7, 11) is 0. The van der Waals surface area contributed by atoms with Crippen molar-refractivity contribution in [3.8, 4) is 0 Å². The summed E-state index contributed by atoms with van der Waals surface area (Å²) in [4.78, 5) is 42.1. The van der Waals surface area contributed by atoms with Gasteiger partial charge in [-0.1, -0.05) is 25.7 Å². The van der Waals surface area contributed by atoms with Gasteiger partial charge in [-0.2, -0.15) is 0 Å². The lowest BCUT2D eigenvalue weighted by Crippen LogP contribution is -2.51. The predicted molar refractivity (Wildman–Crippen MR) is 124 cm³/mol. The maximum absolute atomic E-state index is 13.2. The van der Waals surface area contributed by atoms with Crippen molar-refractivity contribution in [1.29, 1.82) is 0 Å². The molecule has 32 heavy (non-hydrogen) atoms. The zero-order valence-electron chi connectivity index (χ0n) is 19.5. The second-order valence-corrected chi connectivity index (χ2v) is 10.2. The number of nitrogens with zero attached hydrogens (tertiary/aromatic N) is 2. The molecule has 7 heteroatoms. The third-order valence-electron chi connectivity index (χ3n) is 6.33. The number of esters is 1. The number of hydrogen-bond donors (Lipinski definition) is 1. The van der Waals surface area contributed by atoms with Crippen LogP contribution in [-0.4, -0.2) is 48.6 Å². The van der Waals surface area contributed by atoms with Gasteiger partial charge in [-0.25, -0.2) is 4.79 Å². The first-order valence-corrected chi connectivity index (χ1v) is 12.0. The molecule has 3 aliphatic rings. The van der Waals surface area contributed by atoms with Gasteiger partial charge in [-0.05, 0) is 64.7 Å². The molecule has 2 amide bonds. The van der Waals surface area contributed by atoms with Gasteiger partial charge in [0.2, 0.25) is 11.8 Å². The highest BCUT2D eigenvalue weighted by Crippen LogP contribution is 2.41. The lowest BCUT2D eigenvalue weighted by molar-refractivity contribution is -0.122. The quantitative estimate of drug-likeness (QED) is 0.555. The summed E-state index contributed by atoms with van der Waals surface area (Å²) in [6.07, 6.45) is 8.99. The highest BCUT2D eigenvalue weighted by molar-refractivity contribution is 6.12. The van der Waals surface area contributed by atoms with Crippen LogP contribution >= 0.6 is 0 Å². The van der Waals surface area contributed by atoms with Crippen LogP contribution in [0.2, 0.25) is 0 Å². The maximum atomic E-state index is 13.2. The summed E-state index contributed by atoms with van der Waals surface area (Å²) in [5, 5.41) is 3.41. The van der Waals surface area contributed by atoms with E-state index in [2.05, 4.69) is 5.32 Å². The molecule has 4 rings (SSSR count). The molecule has 0 atom stereocenters. The Morgan fingerprint density at radius 3 is 2.34 bits per heavy atom. The molecule has 2 saturated carbocycles. The van der Waals surface area contributed by atoms with E-state index in [1.54, 1.807) is 23.1 Å². The third kappa shape index (κ3) is 5.31. The largest absolute Gasteiger partial charge is 0.456 e. The zero-order valence-corrected chi connectivity index (χ0v) is 19.5. The number of anilines is 2.